The predicted molar refractivity (Wildman–Crippen MR) is 140 cm³/mol. The molecule has 6 nitrogen and oxygen atoms in total. The molecule has 1 saturated heterocycles. The second-order valence-corrected chi connectivity index (χ2v) is 10.3. The molecule has 1 fully saturated rings. The van der Waals surface area contributed by atoms with Crippen molar-refractivity contribution in [3.05, 3.63) is 70.1 Å². The molecule has 0 spiro atoms. The first-order valence-corrected chi connectivity index (χ1v) is 12.7. The average molecular weight is 475 g/mol. The molecule has 7 heteroatoms. The second-order valence-electron chi connectivity index (χ2n) is 9.23. The maximum atomic E-state index is 13.7. The smallest absolute Gasteiger partial charge is 0.276 e. The minimum atomic E-state index is -0.605. The molecule has 0 saturated carbocycles. The van der Waals surface area contributed by atoms with Gasteiger partial charge in [0.2, 0.25) is 5.91 Å². The summed E-state index contributed by atoms with van der Waals surface area (Å²) in [4.78, 5) is 31.6. The number of aryl methyl sites for hydroxylation is 2. The minimum absolute atomic E-state index is 0.0221. The topological polar surface area (TPSA) is 58.4 Å². The highest BCUT2D eigenvalue weighted by Crippen LogP contribution is 2.33. The van der Waals surface area contributed by atoms with Crippen molar-refractivity contribution in [2.24, 2.45) is 0 Å². The largest absolute Gasteiger partial charge is 0.365 e. The molecule has 1 amide bonds. The van der Waals surface area contributed by atoms with Gasteiger partial charge in [0, 0.05) is 41.4 Å². The van der Waals surface area contributed by atoms with Gasteiger partial charge in [0.1, 0.15) is 6.04 Å². The van der Waals surface area contributed by atoms with E-state index >= 15 is 0 Å². The van der Waals surface area contributed by atoms with Crippen LogP contribution in [0, 0.1) is 13.8 Å². The highest BCUT2D eigenvalue weighted by Gasteiger charge is 2.32. The molecule has 2 atom stereocenters. The molecule has 0 unspecified atom stereocenters. The number of carbonyl (C=O) groups is 1. The zero-order valence-corrected chi connectivity index (χ0v) is 20.9. The van der Waals surface area contributed by atoms with E-state index in [1.807, 2.05) is 43.0 Å². The number of amides is 1. The number of hydrogen-bond donors (Lipinski definition) is 0. The molecular formula is C27H30N4O2S. The van der Waals surface area contributed by atoms with Gasteiger partial charge in [-0.3, -0.25) is 9.59 Å². The number of hydrogen-bond acceptors (Lipinski definition) is 5. The molecule has 0 aliphatic carbocycles. The third-order valence-corrected chi connectivity index (χ3v) is 8.12. The Morgan fingerprint density at radius 3 is 2.68 bits per heavy atom. The summed E-state index contributed by atoms with van der Waals surface area (Å²) < 4.78 is 3.42. The number of thiophene rings is 1. The van der Waals surface area contributed by atoms with Crippen molar-refractivity contribution in [3.63, 3.8) is 0 Å². The van der Waals surface area contributed by atoms with Crippen molar-refractivity contribution < 1.29 is 4.79 Å². The number of carbonyl (C=O) groups excluding carboxylic acids is 1. The van der Waals surface area contributed by atoms with Crippen molar-refractivity contribution in [3.8, 4) is 0 Å². The van der Waals surface area contributed by atoms with E-state index in [0.29, 0.717) is 24.9 Å². The van der Waals surface area contributed by atoms with E-state index in [1.165, 1.54) is 15.9 Å². The summed E-state index contributed by atoms with van der Waals surface area (Å²) in [6.07, 6.45) is 0.519. The number of nitrogens with zero attached hydrogens (tertiary/aromatic N) is 4. The van der Waals surface area contributed by atoms with Crippen LogP contribution in [0.15, 0.2) is 53.3 Å². The summed E-state index contributed by atoms with van der Waals surface area (Å²) in [5.41, 5.74) is 3.03. The van der Waals surface area contributed by atoms with Crippen LogP contribution < -0.4 is 10.5 Å². The van der Waals surface area contributed by atoms with E-state index < -0.39 is 6.04 Å². The lowest BCUT2D eigenvalue weighted by Gasteiger charge is -2.42. The van der Waals surface area contributed by atoms with Crippen LogP contribution in [0.5, 0.6) is 0 Å². The molecule has 4 aromatic rings. The first-order valence-electron chi connectivity index (χ1n) is 11.9. The lowest BCUT2D eigenvalue weighted by Crippen LogP contribution is -2.55. The van der Waals surface area contributed by atoms with Gasteiger partial charge in [0.25, 0.3) is 5.56 Å². The monoisotopic (exact) mass is 474 g/mol. The van der Waals surface area contributed by atoms with Crippen LogP contribution in [0.2, 0.25) is 0 Å². The quantitative estimate of drug-likeness (QED) is 0.421. The fourth-order valence-corrected chi connectivity index (χ4v) is 6.24. The van der Waals surface area contributed by atoms with Gasteiger partial charge in [-0.25, -0.2) is 4.68 Å². The molecule has 3 heterocycles. The average Bonchev–Trinajstić information content (AvgIpc) is 3.23. The summed E-state index contributed by atoms with van der Waals surface area (Å²) in [6, 6.07) is 16.0. The number of anilines is 1. The normalized spacial score (nSPS) is 17.5. The highest BCUT2D eigenvalue weighted by molar-refractivity contribution is 7.26. The van der Waals surface area contributed by atoms with E-state index in [4.69, 9.17) is 0 Å². The third kappa shape index (κ3) is 3.78. The Morgan fingerprint density at radius 1 is 1.15 bits per heavy atom. The van der Waals surface area contributed by atoms with E-state index in [-0.39, 0.29) is 17.5 Å². The van der Waals surface area contributed by atoms with Gasteiger partial charge in [-0.2, -0.15) is 5.10 Å². The van der Waals surface area contributed by atoms with Crippen molar-refractivity contribution in [2.45, 2.75) is 46.2 Å². The molecule has 0 bridgehead atoms. The van der Waals surface area contributed by atoms with E-state index in [2.05, 4.69) is 48.1 Å². The third-order valence-electron chi connectivity index (χ3n) is 6.84. The Hall–Kier alpha value is -3.19. The van der Waals surface area contributed by atoms with Gasteiger partial charge < -0.3 is 9.80 Å². The number of aromatic nitrogens is 2. The molecule has 5 rings (SSSR count). The first-order chi connectivity index (χ1) is 16.4. The lowest BCUT2D eigenvalue weighted by molar-refractivity contribution is -0.136. The van der Waals surface area contributed by atoms with E-state index in [0.717, 1.165) is 27.0 Å². The van der Waals surface area contributed by atoms with Crippen molar-refractivity contribution in [1.29, 1.82) is 0 Å². The maximum Gasteiger partial charge on any atom is 0.276 e. The molecule has 2 aromatic heterocycles. The van der Waals surface area contributed by atoms with Crippen molar-refractivity contribution in [2.75, 3.05) is 24.5 Å². The highest BCUT2D eigenvalue weighted by atomic mass is 32.1. The number of piperazine rings is 1. The summed E-state index contributed by atoms with van der Waals surface area (Å²) >= 11 is 1.59. The van der Waals surface area contributed by atoms with Gasteiger partial charge >= 0.3 is 0 Å². The number of rotatable bonds is 4. The summed E-state index contributed by atoms with van der Waals surface area (Å²) in [6.45, 7) is 10.1. The van der Waals surface area contributed by atoms with Gasteiger partial charge in [-0.05, 0) is 51.0 Å². The van der Waals surface area contributed by atoms with Crippen LogP contribution in [-0.4, -0.2) is 46.3 Å². The molecule has 0 radical (unpaired) electrons. The second kappa shape index (κ2) is 8.87. The minimum Gasteiger partial charge on any atom is -0.365 e. The predicted octanol–water partition coefficient (Wildman–Crippen LogP) is 4.92. The van der Waals surface area contributed by atoms with Crippen LogP contribution >= 0.6 is 11.3 Å². The van der Waals surface area contributed by atoms with Gasteiger partial charge in [0.05, 0.1) is 15.8 Å². The Labute approximate surface area is 203 Å². The van der Waals surface area contributed by atoms with Gasteiger partial charge in [-0.15, -0.1) is 11.3 Å². The Bertz CT molecular complexity index is 1440. The molecule has 1 aliphatic heterocycles. The molecule has 176 valence electrons. The number of benzene rings is 2. The summed E-state index contributed by atoms with van der Waals surface area (Å²) in [5, 5.41) is 6.25. The fourth-order valence-electron chi connectivity index (χ4n) is 5.10. The lowest BCUT2D eigenvalue weighted by atomic mass is 10.1. The van der Waals surface area contributed by atoms with Crippen LogP contribution in [0.4, 0.5) is 5.69 Å². The van der Waals surface area contributed by atoms with Gasteiger partial charge in [-0.1, -0.05) is 37.3 Å². The molecular weight excluding hydrogens is 444 g/mol. The van der Waals surface area contributed by atoms with E-state index in [1.54, 1.807) is 11.3 Å². The Balaban J connectivity index is 1.45. The molecule has 2 aromatic carbocycles. The number of fused-ring (bicyclic) bond motifs is 3. The van der Waals surface area contributed by atoms with Crippen LogP contribution in [0.1, 0.15) is 37.6 Å². The van der Waals surface area contributed by atoms with E-state index in [9.17, 15) is 9.59 Å². The van der Waals surface area contributed by atoms with Crippen LogP contribution in [0.3, 0.4) is 0 Å². The first kappa shape index (κ1) is 22.6. The van der Waals surface area contributed by atoms with Crippen molar-refractivity contribution >= 4 is 43.1 Å². The molecule has 34 heavy (non-hydrogen) atoms. The summed E-state index contributed by atoms with van der Waals surface area (Å²) in [7, 11) is 0. The maximum absolute atomic E-state index is 13.7. The molecule has 0 N–H and O–H groups in total. The zero-order valence-electron chi connectivity index (χ0n) is 20.1. The fraction of sp³-hybridized carbons (Fsp3) is 0.370. The molecule has 1 aliphatic rings. The standard InChI is InChI=1S/C27H30N4O2S/c1-5-22(26(32)29-13-14-30(18(3)16-29)20-10-8-9-17(2)15-20)31-27(33)24-21-11-6-7-12-23(21)34-25(24)19(4)28-31/h6-12,15,18,22H,5,13-14,16H2,1-4H3/t18-,22+/m0/s1. The Morgan fingerprint density at radius 2 is 1.94 bits per heavy atom. The van der Waals surface area contributed by atoms with Crippen molar-refractivity contribution in [1.82, 2.24) is 14.7 Å². The van der Waals surface area contributed by atoms with Crippen LogP contribution in [-0.2, 0) is 4.79 Å². The summed E-state index contributed by atoms with van der Waals surface area (Å²) in [5.74, 6) is -0.0221. The van der Waals surface area contributed by atoms with Gasteiger partial charge in [0.15, 0.2) is 0 Å². The SMILES string of the molecule is CC[C@H](C(=O)N1CCN(c2cccc(C)c2)[C@@H](C)C1)n1nc(C)c2sc3ccccc3c2c1=O. The zero-order chi connectivity index (χ0) is 24.0. The Kier molecular flexibility index (Phi) is 5.90. The van der Waals surface area contributed by atoms with Crippen LogP contribution in [0.25, 0.3) is 20.2 Å².